The third-order valence-electron chi connectivity index (χ3n) is 3.04. The van der Waals surface area contributed by atoms with Gasteiger partial charge in [-0.25, -0.2) is 0 Å². The van der Waals surface area contributed by atoms with Gasteiger partial charge in [0.25, 0.3) is 0 Å². The maximum Gasteiger partial charge on any atom is 0.241 e. The number of benzene rings is 2. The van der Waals surface area contributed by atoms with Crippen LogP contribution in [-0.2, 0) is 0 Å². The highest BCUT2D eigenvalue weighted by Gasteiger charge is 2.09. The van der Waals surface area contributed by atoms with E-state index in [2.05, 4.69) is 15.5 Å². The summed E-state index contributed by atoms with van der Waals surface area (Å²) < 4.78 is 5.52. The number of nitrogens with one attached hydrogen (secondary N) is 1. The Bertz CT molecular complexity index is 759. The van der Waals surface area contributed by atoms with Crippen molar-refractivity contribution < 1.29 is 4.74 Å². The van der Waals surface area contributed by atoms with E-state index in [4.69, 9.17) is 16.3 Å². The molecular formula is C16H14ClN3O. The minimum atomic E-state index is 0.551. The van der Waals surface area contributed by atoms with Crippen LogP contribution in [0.2, 0.25) is 5.02 Å². The molecule has 0 spiro atoms. The molecular weight excluding hydrogens is 286 g/mol. The third-order valence-corrected chi connectivity index (χ3v) is 3.29. The molecule has 0 bridgehead atoms. The molecule has 0 radical (unpaired) electrons. The first-order chi connectivity index (χ1) is 10.3. The fraction of sp³-hybridized carbons (Fsp3) is 0.125. The standard InChI is InChI=1S/C16H14ClN3O/c1-2-21-16-14-6-4-3-5-13(14)15(19-20-16)18-12-9-7-11(17)8-10-12/h3-10H,2H2,1H3,(H,18,19). The van der Waals surface area contributed by atoms with Gasteiger partial charge in [-0.1, -0.05) is 29.8 Å². The van der Waals surface area contributed by atoms with Crippen molar-refractivity contribution in [3.05, 3.63) is 53.6 Å². The van der Waals surface area contributed by atoms with Crippen LogP contribution in [0, 0.1) is 0 Å². The maximum atomic E-state index is 5.89. The maximum absolute atomic E-state index is 5.89. The fourth-order valence-corrected chi connectivity index (χ4v) is 2.21. The van der Waals surface area contributed by atoms with E-state index in [-0.39, 0.29) is 0 Å². The van der Waals surface area contributed by atoms with Crippen LogP contribution < -0.4 is 10.1 Å². The van der Waals surface area contributed by atoms with Gasteiger partial charge in [0, 0.05) is 21.5 Å². The van der Waals surface area contributed by atoms with Gasteiger partial charge in [-0.3, -0.25) is 0 Å². The van der Waals surface area contributed by atoms with E-state index >= 15 is 0 Å². The summed E-state index contributed by atoms with van der Waals surface area (Å²) in [4.78, 5) is 0. The number of anilines is 2. The van der Waals surface area contributed by atoms with Gasteiger partial charge in [-0.05, 0) is 37.3 Å². The lowest BCUT2D eigenvalue weighted by atomic mass is 10.2. The van der Waals surface area contributed by atoms with E-state index in [0.717, 1.165) is 16.5 Å². The van der Waals surface area contributed by atoms with Gasteiger partial charge in [0.15, 0.2) is 5.82 Å². The van der Waals surface area contributed by atoms with E-state index in [9.17, 15) is 0 Å². The number of halogens is 1. The highest BCUT2D eigenvalue weighted by atomic mass is 35.5. The van der Waals surface area contributed by atoms with Crippen LogP contribution in [0.25, 0.3) is 10.8 Å². The van der Waals surface area contributed by atoms with Gasteiger partial charge >= 0.3 is 0 Å². The molecule has 5 heteroatoms. The monoisotopic (exact) mass is 299 g/mol. The first-order valence-electron chi connectivity index (χ1n) is 6.68. The van der Waals surface area contributed by atoms with Crippen LogP contribution in [-0.4, -0.2) is 16.8 Å². The Morgan fingerprint density at radius 3 is 2.43 bits per heavy atom. The molecule has 0 amide bonds. The predicted octanol–water partition coefficient (Wildman–Crippen LogP) is 4.43. The molecule has 0 aliphatic carbocycles. The minimum Gasteiger partial charge on any atom is -0.476 e. The average molecular weight is 300 g/mol. The second kappa shape index (κ2) is 5.97. The van der Waals surface area contributed by atoms with Gasteiger partial charge in [0.2, 0.25) is 5.88 Å². The summed E-state index contributed by atoms with van der Waals surface area (Å²) in [6.07, 6.45) is 0. The van der Waals surface area contributed by atoms with E-state index in [1.807, 2.05) is 55.5 Å². The smallest absolute Gasteiger partial charge is 0.241 e. The summed E-state index contributed by atoms with van der Waals surface area (Å²) in [6.45, 7) is 2.49. The lowest BCUT2D eigenvalue weighted by Gasteiger charge is -2.11. The number of nitrogens with zero attached hydrogens (tertiary/aromatic N) is 2. The van der Waals surface area contributed by atoms with Crippen molar-refractivity contribution in [3.8, 4) is 5.88 Å². The molecule has 1 heterocycles. The minimum absolute atomic E-state index is 0.551. The predicted molar refractivity (Wildman–Crippen MR) is 85.4 cm³/mol. The van der Waals surface area contributed by atoms with Gasteiger partial charge in [-0.15, -0.1) is 10.2 Å². The number of rotatable bonds is 4. The Morgan fingerprint density at radius 1 is 1.00 bits per heavy atom. The van der Waals surface area contributed by atoms with Crippen LogP contribution in [0.3, 0.4) is 0 Å². The van der Waals surface area contributed by atoms with Crippen LogP contribution in [0.15, 0.2) is 48.5 Å². The van der Waals surface area contributed by atoms with Crippen LogP contribution in [0.4, 0.5) is 11.5 Å². The number of hydrogen-bond acceptors (Lipinski definition) is 4. The van der Waals surface area contributed by atoms with E-state index in [0.29, 0.717) is 23.3 Å². The molecule has 1 N–H and O–H groups in total. The van der Waals surface area contributed by atoms with Crippen LogP contribution in [0.5, 0.6) is 5.88 Å². The second-order valence-electron chi connectivity index (χ2n) is 4.46. The summed E-state index contributed by atoms with van der Waals surface area (Å²) >= 11 is 5.89. The number of hydrogen-bond donors (Lipinski definition) is 1. The molecule has 4 nitrogen and oxygen atoms in total. The molecule has 0 fully saturated rings. The van der Waals surface area contributed by atoms with Gasteiger partial charge in [-0.2, -0.15) is 0 Å². The van der Waals surface area contributed by atoms with Crippen molar-refractivity contribution in [2.75, 3.05) is 11.9 Å². The zero-order valence-corrected chi connectivity index (χ0v) is 12.3. The van der Waals surface area contributed by atoms with Crippen molar-refractivity contribution in [2.45, 2.75) is 6.92 Å². The fourth-order valence-electron chi connectivity index (χ4n) is 2.08. The summed E-state index contributed by atoms with van der Waals surface area (Å²) in [6, 6.07) is 15.3. The largest absolute Gasteiger partial charge is 0.476 e. The van der Waals surface area contributed by atoms with Crippen LogP contribution >= 0.6 is 11.6 Å². The number of aromatic nitrogens is 2. The van der Waals surface area contributed by atoms with Crippen molar-refractivity contribution >= 4 is 33.9 Å². The summed E-state index contributed by atoms with van der Waals surface area (Å²) in [5.74, 6) is 1.24. The summed E-state index contributed by atoms with van der Waals surface area (Å²) in [5, 5.41) is 14.2. The zero-order valence-electron chi connectivity index (χ0n) is 11.5. The topological polar surface area (TPSA) is 47.0 Å². The highest BCUT2D eigenvalue weighted by Crippen LogP contribution is 2.29. The SMILES string of the molecule is CCOc1nnc(Nc2ccc(Cl)cc2)c2ccccc12. The normalized spacial score (nSPS) is 10.6. The van der Waals surface area contributed by atoms with Crippen molar-refractivity contribution in [1.82, 2.24) is 10.2 Å². The zero-order chi connectivity index (χ0) is 14.7. The lowest BCUT2D eigenvalue weighted by molar-refractivity contribution is 0.327. The summed E-state index contributed by atoms with van der Waals surface area (Å²) in [7, 11) is 0. The molecule has 0 aliphatic rings. The number of fused-ring (bicyclic) bond motifs is 1. The molecule has 3 aromatic rings. The Labute approximate surface area is 127 Å². The van der Waals surface area contributed by atoms with Gasteiger partial charge < -0.3 is 10.1 Å². The summed E-state index contributed by atoms with van der Waals surface area (Å²) in [5.41, 5.74) is 0.906. The molecule has 0 atom stereocenters. The Hall–Kier alpha value is -2.33. The first kappa shape index (κ1) is 13.6. The first-order valence-corrected chi connectivity index (χ1v) is 7.06. The van der Waals surface area contributed by atoms with E-state index in [1.54, 1.807) is 0 Å². The van der Waals surface area contributed by atoms with E-state index in [1.165, 1.54) is 0 Å². The Kier molecular flexibility index (Phi) is 3.88. The van der Waals surface area contributed by atoms with Gasteiger partial charge in [0.1, 0.15) is 0 Å². The second-order valence-corrected chi connectivity index (χ2v) is 4.90. The van der Waals surface area contributed by atoms with Gasteiger partial charge in [0.05, 0.1) is 6.61 Å². The molecule has 0 saturated carbocycles. The highest BCUT2D eigenvalue weighted by molar-refractivity contribution is 6.30. The van der Waals surface area contributed by atoms with Crippen molar-refractivity contribution in [3.63, 3.8) is 0 Å². The molecule has 2 aromatic carbocycles. The molecule has 21 heavy (non-hydrogen) atoms. The average Bonchev–Trinajstić information content (AvgIpc) is 2.52. The molecule has 0 saturated heterocycles. The molecule has 0 unspecified atom stereocenters. The van der Waals surface area contributed by atoms with Crippen molar-refractivity contribution in [2.24, 2.45) is 0 Å². The molecule has 0 aliphatic heterocycles. The lowest BCUT2D eigenvalue weighted by Crippen LogP contribution is -2.01. The molecule has 1 aromatic heterocycles. The molecule has 3 rings (SSSR count). The van der Waals surface area contributed by atoms with E-state index < -0.39 is 0 Å². The number of ether oxygens (including phenoxy) is 1. The quantitative estimate of drug-likeness (QED) is 0.774. The van der Waals surface area contributed by atoms with Crippen LogP contribution in [0.1, 0.15) is 6.92 Å². The Morgan fingerprint density at radius 2 is 1.71 bits per heavy atom. The molecule has 106 valence electrons. The Balaban J connectivity index is 2.03. The van der Waals surface area contributed by atoms with Crippen molar-refractivity contribution in [1.29, 1.82) is 0 Å². The third kappa shape index (κ3) is 2.90.